The van der Waals surface area contributed by atoms with E-state index in [2.05, 4.69) is 47.4 Å². The van der Waals surface area contributed by atoms with Crippen molar-refractivity contribution in [2.24, 2.45) is 5.73 Å². The fourth-order valence-corrected chi connectivity index (χ4v) is 3.44. The lowest BCUT2D eigenvalue weighted by Gasteiger charge is -2.11. The summed E-state index contributed by atoms with van der Waals surface area (Å²) in [4.78, 5) is 4.45. The highest BCUT2D eigenvalue weighted by Gasteiger charge is 2.21. The standard InChI is InChI=1S/C19H18N2/c20-18-9-8-15-13(4-3-6-17(15)18)12-14-10-11-21-19-7-2-1-5-16(14)19/h1-7,10-11,18H,8-9,12,20H2. The number of hydrogen-bond donors (Lipinski definition) is 1. The highest BCUT2D eigenvalue weighted by atomic mass is 14.7. The Bertz CT molecular complexity index is 802. The van der Waals surface area contributed by atoms with Gasteiger partial charge in [-0.05, 0) is 53.6 Å². The number of nitrogens with two attached hydrogens (primary N) is 1. The number of aromatic nitrogens is 1. The minimum Gasteiger partial charge on any atom is -0.324 e. The van der Waals surface area contributed by atoms with Crippen LogP contribution in [0.25, 0.3) is 10.9 Å². The Morgan fingerprint density at radius 3 is 2.86 bits per heavy atom. The van der Waals surface area contributed by atoms with Crippen molar-refractivity contribution in [2.45, 2.75) is 25.3 Å². The van der Waals surface area contributed by atoms with E-state index in [4.69, 9.17) is 5.73 Å². The number of rotatable bonds is 2. The molecule has 4 rings (SSSR count). The van der Waals surface area contributed by atoms with E-state index in [9.17, 15) is 0 Å². The number of nitrogens with zero attached hydrogens (tertiary/aromatic N) is 1. The van der Waals surface area contributed by atoms with Gasteiger partial charge in [-0.25, -0.2) is 0 Å². The molecule has 2 nitrogen and oxygen atoms in total. The molecule has 1 unspecified atom stereocenters. The highest BCUT2D eigenvalue weighted by molar-refractivity contribution is 5.82. The Balaban J connectivity index is 1.80. The third-order valence-electron chi connectivity index (χ3n) is 4.53. The summed E-state index contributed by atoms with van der Waals surface area (Å²) in [6.45, 7) is 0. The number of fused-ring (bicyclic) bond motifs is 2. The predicted octanol–water partition coefficient (Wildman–Crippen LogP) is 3.77. The molecule has 3 aromatic rings. The molecule has 0 bridgehead atoms. The van der Waals surface area contributed by atoms with Crippen molar-refractivity contribution in [3.8, 4) is 0 Å². The second kappa shape index (κ2) is 4.97. The first-order valence-electron chi connectivity index (χ1n) is 7.52. The number of pyridine rings is 1. The molecular weight excluding hydrogens is 256 g/mol. The largest absolute Gasteiger partial charge is 0.324 e. The molecule has 1 heterocycles. The van der Waals surface area contributed by atoms with Gasteiger partial charge in [-0.1, -0.05) is 36.4 Å². The number of hydrogen-bond acceptors (Lipinski definition) is 2. The van der Waals surface area contributed by atoms with Crippen LogP contribution in [0.15, 0.2) is 54.7 Å². The molecule has 0 aliphatic heterocycles. The monoisotopic (exact) mass is 274 g/mol. The highest BCUT2D eigenvalue weighted by Crippen LogP contribution is 2.33. The molecule has 1 aromatic heterocycles. The normalized spacial score (nSPS) is 17.1. The first kappa shape index (κ1) is 12.5. The topological polar surface area (TPSA) is 38.9 Å². The Morgan fingerprint density at radius 1 is 1.00 bits per heavy atom. The van der Waals surface area contributed by atoms with Gasteiger partial charge < -0.3 is 5.73 Å². The van der Waals surface area contributed by atoms with Crippen LogP contribution in [0.1, 0.15) is 34.7 Å². The summed E-state index contributed by atoms with van der Waals surface area (Å²) in [7, 11) is 0. The van der Waals surface area contributed by atoms with E-state index in [1.807, 2.05) is 12.3 Å². The van der Waals surface area contributed by atoms with E-state index in [1.165, 1.54) is 27.6 Å². The molecule has 1 atom stereocenters. The number of benzene rings is 2. The summed E-state index contributed by atoms with van der Waals surface area (Å²) in [5, 5.41) is 1.25. The number of para-hydroxylation sites is 1. The van der Waals surface area contributed by atoms with Crippen molar-refractivity contribution in [1.82, 2.24) is 4.98 Å². The lowest BCUT2D eigenvalue weighted by atomic mass is 9.95. The maximum Gasteiger partial charge on any atom is 0.0704 e. The van der Waals surface area contributed by atoms with E-state index in [1.54, 1.807) is 0 Å². The fourth-order valence-electron chi connectivity index (χ4n) is 3.44. The zero-order valence-corrected chi connectivity index (χ0v) is 11.9. The Kier molecular flexibility index (Phi) is 2.97. The zero-order valence-electron chi connectivity index (χ0n) is 11.9. The van der Waals surface area contributed by atoms with E-state index < -0.39 is 0 Å². The molecule has 2 aromatic carbocycles. The fraction of sp³-hybridized carbons (Fsp3) is 0.211. The molecule has 1 aliphatic rings. The molecule has 104 valence electrons. The van der Waals surface area contributed by atoms with Gasteiger partial charge in [0.15, 0.2) is 0 Å². The van der Waals surface area contributed by atoms with Crippen molar-refractivity contribution in [3.63, 3.8) is 0 Å². The van der Waals surface area contributed by atoms with Gasteiger partial charge in [0.2, 0.25) is 0 Å². The molecule has 2 N–H and O–H groups in total. The second-order valence-electron chi connectivity index (χ2n) is 5.79. The molecule has 2 heteroatoms. The van der Waals surface area contributed by atoms with Crippen LogP contribution in [-0.4, -0.2) is 4.98 Å². The van der Waals surface area contributed by atoms with Crippen molar-refractivity contribution in [1.29, 1.82) is 0 Å². The lowest BCUT2D eigenvalue weighted by Crippen LogP contribution is -2.05. The second-order valence-corrected chi connectivity index (χ2v) is 5.79. The molecule has 0 fully saturated rings. The van der Waals surface area contributed by atoms with Crippen LogP contribution in [0.5, 0.6) is 0 Å². The van der Waals surface area contributed by atoms with Crippen molar-refractivity contribution >= 4 is 10.9 Å². The van der Waals surface area contributed by atoms with Crippen LogP contribution in [0.2, 0.25) is 0 Å². The van der Waals surface area contributed by atoms with Crippen LogP contribution in [0.4, 0.5) is 0 Å². The molecule has 0 amide bonds. The molecule has 0 spiro atoms. The van der Waals surface area contributed by atoms with Crippen LogP contribution in [-0.2, 0) is 12.8 Å². The van der Waals surface area contributed by atoms with Crippen molar-refractivity contribution < 1.29 is 0 Å². The minimum absolute atomic E-state index is 0.217. The summed E-state index contributed by atoms with van der Waals surface area (Å²) in [6, 6.07) is 17.3. The first-order chi connectivity index (χ1) is 10.3. The summed E-state index contributed by atoms with van der Waals surface area (Å²) in [5.74, 6) is 0. The van der Waals surface area contributed by atoms with Crippen LogP contribution < -0.4 is 5.73 Å². The Hall–Kier alpha value is -2.19. The molecular formula is C19H18N2. The maximum atomic E-state index is 6.19. The van der Waals surface area contributed by atoms with E-state index in [0.717, 1.165) is 24.8 Å². The summed E-state index contributed by atoms with van der Waals surface area (Å²) in [6.07, 6.45) is 5.05. The van der Waals surface area contributed by atoms with Gasteiger partial charge in [0.05, 0.1) is 5.52 Å². The smallest absolute Gasteiger partial charge is 0.0704 e. The average molecular weight is 274 g/mol. The van der Waals surface area contributed by atoms with Crippen LogP contribution in [0, 0.1) is 0 Å². The van der Waals surface area contributed by atoms with Gasteiger partial charge in [-0.15, -0.1) is 0 Å². The van der Waals surface area contributed by atoms with Crippen molar-refractivity contribution in [2.75, 3.05) is 0 Å². The quantitative estimate of drug-likeness (QED) is 0.772. The molecule has 0 saturated carbocycles. The van der Waals surface area contributed by atoms with Crippen molar-refractivity contribution in [3.05, 3.63) is 77.0 Å². The van der Waals surface area contributed by atoms with Crippen LogP contribution in [0.3, 0.4) is 0 Å². The zero-order chi connectivity index (χ0) is 14.2. The van der Waals surface area contributed by atoms with Gasteiger partial charge in [-0.2, -0.15) is 0 Å². The van der Waals surface area contributed by atoms with Gasteiger partial charge in [0.25, 0.3) is 0 Å². The van der Waals surface area contributed by atoms with Gasteiger partial charge >= 0.3 is 0 Å². The Labute approximate surface area is 124 Å². The third-order valence-corrected chi connectivity index (χ3v) is 4.53. The lowest BCUT2D eigenvalue weighted by molar-refractivity contribution is 0.713. The van der Waals surface area contributed by atoms with Gasteiger partial charge in [0.1, 0.15) is 0 Å². The van der Waals surface area contributed by atoms with Gasteiger partial charge in [0, 0.05) is 17.6 Å². The molecule has 21 heavy (non-hydrogen) atoms. The van der Waals surface area contributed by atoms with E-state index >= 15 is 0 Å². The minimum atomic E-state index is 0.217. The van der Waals surface area contributed by atoms with Crippen LogP contribution >= 0.6 is 0 Å². The molecule has 0 saturated heterocycles. The average Bonchev–Trinajstić information content (AvgIpc) is 2.90. The molecule has 0 radical (unpaired) electrons. The first-order valence-corrected chi connectivity index (χ1v) is 7.52. The maximum absolute atomic E-state index is 6.19. The summed E-state index contributed by atoms with van der Waals surface area (Å²) in [5.41, 5.74) is 12.8. The third kappa shape index (κ3) is 2.12. The Morgan fingerprint density at radius 2 is 1.90 bits per heavy atom. The molecule has 1 aliphatic carbocycles. The predicted molar refractivity (Wildman–Crippen MR) is 86.2 cm³/mol. The van der Waals surface area contributed by atoms with Gasteiger partial charge in [-0.3, -0.25) is 4.98 Å². The van der Waals surface area contributed by atoms with E-state index in [0.29, 0.717) is 0 Å². The summed E-state index contributed by atoms with van der Waals surface area (Å²) >= 11 is 0. The summed E-state index contributed by atoms with van der Waals surface area (Å²) < 4.78 is 0. The SMILES string of the molecule is NC1CCc2c(Cc3ccnc4ccccc34)cccc21. The van der Waals surface area contributed by atoms with E-state index in [-0.39, 0.29) is 6.04 Å².